The molecule has 1 unspecified atom stereocenters. The van der Waals surface area contributed by atoms with Crippen LogP contribution in [0.4, 0.5) is 0 Å². The number of hydrogen-bond acceptors (Lipinski definition) is 3. The molecule has 0 bridgehead atoms. The van der Waals surface area contributed by atoms with Gasteiger partial charge in [0.15, 0.2) is 0 Å². The second-order valence-electron chi connectivity index (χ2n) is 6.50. The average molecular weight is 358 g/mol. The van der Waals surface area contributed by atoms with Crippen LogP contribution in [0.5, 0.6) is 11.5 Å². The van der Waals surface area contributed by atoms with E-state index in [0.717, 1.165) is 40.9 Å². The molecule has 0 amide bonds. The Kier molecular flexibility index (Phi) is 7.01. The van der Waals surface area contributed by atoms with Gasteiger partial charge in [-0.2, -0.15) is 0 Å². The standard InChI is InChI=1S/C17H28BrNO2/c1-7-8-19-14(11-17(2,3)4)12-9-16(21-6)13(18)10-15(12)20-5/h9-10,14,19H,7-8,11H2,1-6H3. The topological polar surface area (TPSA) is 30.5 Å². The summed E-state index contributed by atoms with van der Waals surface area (Å²) in [6.45, 7) is 9.95. The van der Waals surface area contributed by atoms with Gasteiger partial charge >= 0.3 is 0 Å². The van der Waals surface area contributed by atoms with Crippen molar-refractivity contribution in [1.82, 2.24) is 5.32 Å². The van der Waals surface area contributed by atoms with E-state index in [2.05, 4.69) is 55.0 Å². The quantitative estimate of drug-likeness (QED) is 0.749. The third-order valence-electron chi connectivity index (χ3n) is 3.34. The summed E-state index contributed by atoms with van der Waals surface area (Å²) in [6.07, 6.45) is 2.14. The lowest BCUT2D eigenvalue weighted by Gasteiger charge is -2.28. The van der Waals surface area contributed by atoms with Crippen LogP contribution in [0.2, 0.25) is 0 Å². The molecule has 4 heteroatoms. The van der Waals surface area contributed by atoms with Gasteiger partial charge in [-0.05, 0) is 52.9 Å². The van der Waals surface area contributed by atoms with Gasteiger partial charge in [-0.3, -0.25) is 0 Å². The Morgan fingerprint density at radius 3 is 2.24 bits per heavy atom. The second-order valence-corrected chi connectivity index (χ2v) is 7.35. The molecule has 1 rings (SSSR count). The molecule has 1 aromatic carbocycles. The lowest BCUT2D eigenvalue weighted by atomic mass is 9.85. The average Bonchev–Trinajstić information content (AvgIpc) is 2.41. The van der Waals surface area contributed by atoms with Gasteiger partial charge < -0.3 is 14.8 Å². The molecule has 0 aliphatic heterocycles. The Hall–Kier alpha value is -0.740. The van der Waals surface area contributed by atoms with Crippen LogP contribution in [0.25, 0.3) is 0 Å². The summed E-state index contributed by atoms with van der Waals surface area (Å²) in [5.41, 5.74) is 1.39. The second kappa shape index (κ2) is 8.04. The van der Waals surface area contributed by atoms with Crippen LogP contribution >= 0.6 is 15.9 Å². The van der Waals surface area contributed by atoms with Crippen LogP contribution in [-0.2, 0) is 0 Å². The molecule has 0 saturated heterocycles. The first-order valence-electron chi connectivity index (χ1n) is 7.47. The summed E-state index contributed by atoms with van der Waals surface area (Å²) < 4.78 is 11.9. The van der Waals surface area contributed by atoms with Gasteiger partial charge in [0.25, 0.3) is 0 Å². The molecule has 0 aromatic heterocycles. The Morgan fingerprint density at radius 2 is 1.76 bits per heavy atom. The molecule has 1 atom stereocenters. The van der Waals surface area contributed by atoms with Gasteiger partial charge in [0.05, 0.1) is 18.7 Å². The van der Waals surface area contributed by atoms with Crippen molar-refractivity contribution in [3.63, 3.8) is 0 Å². The van der Waals surface area contributed by atoms with E-state index in [1.165, 1.54) is 0 Å². The zero-order valence-electron chi connectivity index (χ0n) is 14.0. The van der Waals surface area contributed by atoms with Crippen LogP contribution in [0.3, 0.4) is 0 Å². The third kappa shape index (κ3) is 5.51. The molecule has 0 spiro atoms. The number of halogens is 1. The highest BCUT2D eigenvalue weighted by atomic mass is 79.9. The lowest BCUT2D eigenvalue weighted by Crippen LogP contribution is -2.27. The minimum absolute atomic E-state index is 0.233. The van der Waals surface area contributed by atoms with Gasteiger partial charge in [-0.25, -0.2) is 0 Å². The number of rotatable bonds is 7. The minimum Gasteiger partial charge on any atom is -0.496 e. The predicted octanol–water partition coefficient (Wildman–Crippen LogP) is 4.94. The molecule has 0 radical (unpaired) electrons. The zero-order valence-corrected chi connectivity index (χ0v) is 15.6. The van der Waals surface area contributed by atoms with E-state index in [-0.39, 0.29) is 11.5 Å². The molecular formula is C17H28BrNO2. The fourth-order valence-electron chi connectivity index (χ4n) is 2.38. The van der Waals surface area contributed by atoms with Gasteiger partial charge in [-0.15, -0.1) is 0 Å². The van der Waals surface area contributed by atoms with Gasteiger partial charge in [0.2, 0.25) is 0 Å². The van der Waals surface area contributed by atoms with Crippen molar-refractivity contribution in [1.29, 1.82) is 0 Å². The number of ether oxygens (including phenoxy) is 2. The van der Waals surface area contributed by atoms with Crippen LogP contribution in [-0.4, -0.2) is 20.8 Å². The SMILES string of the molecule is CCCNC(CC(C)(C)C)c1cc(OC)c(Br)cc1OC. The van der Waals surface area contributed by atoms with Crippen LogP contribution in [0.1, 0.15) is 52.1 Å². The molecule has 0 saturated carbocycles. The fraction of sp³-hybridized carbons (Fsp3) is 0.647. The van der Waals surface area contributed by atoms with Crippen LogP contribution < -0.4 is 14.8 Å². The number of nitrogens with one attached hydrogen (secondary N) is 1. The van der Waals surface area contributed by atoms with Gasteiger partial charge in [0.1, 0.15) is 11.5 Å². The summed E-state index contributed by atoms with van der Waals surface area (Å²) in [4.78, 5) is 0. The highest BCUT2D eigenvalue weighted by molar-refractivity contribution is 9.10. The van der Waals surface area contributed by atoms with E-state index in [9.17, 15) is 0 Å². The molecule has 0 heterocycles. The van der Waals surface area contributed by atoms with Crippen LogP contribution in [0, 0.1) is 5.41 Å². The van der Waals surface area contributed by atoms with Crippen molar-refractivity contribution in [2.45, 2.75) is 46.6 Å². The normalized spacial score (nSPS) is 13.1. The van der Waals surface area contributed by atoms with E-state index in [0.29, 0.717) is 0 Å². The van der Waals surface area contributed by atoms with Gasteiger partial charge in [-0.1, -0.05) is 27.7 Å². The molecule has 3 nitrogen and oxygen atoms in total. The molecule has 0 aliphatic carbocycles. The van der Waals surface area contributed by atoms with Gasteiger partial charge in [0, 0.05) is 11.6 Å². The molecule has 1 aromatic rings. The van der Waals surface area contributed by atoms with Crippen LogP contribution in [0.15, 0.2) is 16.6 Å². The monoisotopic (exact) mass is 357 g/mol. The molecule has 0 fully saturated rings. The summed E-state index contributed by atoms with van der Waals surface area (Å²) >= 11 is 3.52. The maximum absolute atomic E-state index is 5.58. The maximum atomic E-state index is 5.58. The molecule has 120 valence electrons. The first-order chi connectivity index (χ1) is 9.82. The Balaban J connectivity index is 3.20. The number of methoxy groups -OCH3 is 2. The minimum atomic E-state index is 0.233. The molecule has 21 heavy (non-hydrogen) atoms. The highest BCUT2D eigenvalue weighted by Crippen LogP contribution is 2.39. The van der Waals surface area contributed by atoms with Crippen molar-refractivity contribution in [2.75, 3.05) is 20.8 Å². The van der Waals surface area contributed by atoms with Crippen molar-refractivity contribution >= 4 is 15.9 Å². The van der Waals surface area contributed by atoms with E-state index in [1.54, 1.807) is 14.2 Å². The summed E-state index contributed by atoms with van der Waals surface area (Å²) in [5.74, 6) is 1.73. The van der Waals surface area contributed by atoms with E-state index in [4.69, 9.17) is 9.47 Å². The van der Waals surface area contributed by atoms with Crippen molar-refractivity contribution in [2.24, 2.45) is 5.41 Å². The van der Waals surface area contributed by atoms with Crippen molar-refractivity contribution in [3.8, 4) is 11.5 Å². The van der Waals surface area contributed by atoms with Crippen molar-refractivity contribution in [3.05, 3.63) is 22.2 Å². The first-order valence-corrected chi connectivity index (χ1v) is 8.26. The smallest absolute Gasteiger partial charge is 0.133 e. The highest BCUT2D eigenvalue weighted by Gasteiger charge is 2.23. The Morgan fingerprint density at radius 1 is 1.14 bits per heavy atom. The molecular weight excluding hydrogens is 330 g/mol. The molecule has 0 aliphatic rings. The third-order valence-corrected chi connectivity index (χ3v) is 3.96. The lowest BCUT2D eigenvalue weighted by molar-refractivity contribution is 0.303. The largest absolute Gasteiger partial charge is 0.496 e. The van der Waals surface area contributed by atoms with E-state index < -0.39 is 0 Å². The number of hydrogen-bond donors (Lipinski definition) is 1. The zero-order chi connectivity index (χ0) is 16.0. The Labute approximate surface area is 137 Å². The Bertz CT molecular complexity index is 455. The first kappa shape index (κ1) is 18.3. The summed E-state index contributed by atoms with van der Waals surface area (Å²) in [7, 11) is 3.40. The fourth-order valence-corrected chi connectivity index (χ4v) is 2.86. The van der Waals surface area contributed by atoms with E-state index in [1.807, 2.05) is 6.07 Å². The predicted molar refractivity (Wildman–Crippen MR) is 92.4 cm³/mol. The summed E-state index contributed by atoms with van der Waals surface area (Å²) in [6, 6.07) is 4.31. The summed E-state index contributed by atoms with van der Waals surface area (Å²) in [5, 5.41) is 3.64. The van der Waals surface area contributed by atoms with Crippen molar-refractivity contribution < 1.29 is 9.47 Å². The van der Waals surface area contributed by atoms with E-state index >= 15 is 0 Å². The maximum Gasteiger partial charge on any atom is 0.133 e. The molecule has 1 N–H and O–H groups in total. The number of benzene rings is 1.